The van der Waals surface area contributed by atoms with Crippen LogP contribution in [0.3, 0.4) is 0 Å². The van der Waals surface area contributed by atoms with Gasteiger partial charge in [-0.05, 0) is 38.9 Å². The van der Waals surface area contributed by atoms with Crippen molar-refractivity contribution >= 4 is 0 Å². The molecule has 1 atom stereocenters. The molecule has 0 fully saturated rings. The molecule has 0 saturated carbocycles. The van der Waals surface area contributed by atoms with E-state index >= 15 is 0 Å². The molecule has 13 heavy (non-hydrogen) atoms. The standard InChI is InChI=1S/C11H17NO/c1-8(2)7-10(12-4)11-9(3)5-6-13-11/h5-6,10,12H,1,7H2,2-4H3. The number of rotatable bonds is 4. The molecule has 1 heterocycles. The van der Waals surface area contributed by atoms with Gasteiger partial charge in [-0.2, -0.15) is 0 Å². The van der Waals surface area contributed by atoms with Gasteiger partial charge in [0.25, 0.3) is 0 Å². The summed E-state index contributed by atoms with van der Waals surface area (Å²) in [5.74, 6) is 1.02. The summed E-state index contributed by atoms with van der Waals surface area (Å²) < 4.78 is 5.41. The van der Waals surface area contributed by atoms with Crippen LogP contribution in [0.5, 0.6) is 0 Å². The molecule has 1 rings (SSSR count). The second kappa shape index (κ2) is 4.28. The Balaban J connectivity index is 2.78. The van der Waals surface area contributed by atoms with Gasteiger partial charge in [0.05, 0.1) is 12.3 Å². The Morgan fingerprint density at radius 1 is 1.69 bits per heavy atom. The number of nitrogens with one attached hydrogen (secondary N) is 1. The van der Waals surface area contributed by atoms with Gasteiger partial charge < -0.3 is 9.73 Å². The zero-order valence-corrected chi connectivity index (χ0v) is 8.55. The first-order valence-corrected chi connectivity index (χ1v) is 4.50. The number of furan rings is 1. The van der Waals surface area contributed by atoms with Gasteiger partial charge in [-0.15, -0.1) is 6.58 Å². The normalized spacial score (nSPS) is 12.8. The third-order valence-corrected chi connectivity index (χ3v) is 2.12. The summed E-state index contributed by atoms with van der Waals surface area (Å²) in [4.78, 5) is 0. The van der Waals surface area contributed by atoms with E-state index in [9.17, 15) is 0 Å². The van der Waals surface area contributed by atoms with Crippen molar-refractivity contribution < 1.29 is 4.42 Å². The molecule has 0 amide bonds. The minimum absolute atomic E-state index is 0.257. The zero-order chi connectivity index (χ0) is 9.84. The quantitative estimate of drug-likeness (QED) is 0.719. The third kappa shape index (κ3) is 2.46. The van der Waals surface area contributed by atoms with Crippen LogP contribution >= 0.6 is 0 Å². The highest BCUT2D eigenvalue weighted by Gasteiger charge is 2.14. The lowest BCUT2D eigenvalue weighted by molar-refractivity contribution is 0.426. The lowest BCUT2D eigenvalue weighted by Gasteiger charge is -2.14. The van der Waals surface area contributed by atoms with Gasteiger partial charge in [0, 0.05) is 0 Å². The van der Waals surface area contributed by atoms with Crippen molar-refractivity contribution in [3.8, 4) is 0 Å². The van der Waals surface area contributed by atoms with Crippen molar-refractivity contribution in [3.05, 3.63) is 35.8 Å². The van der Waals surface area contributed by atoms with E-state index in [1.165, 1.54) is 5.56 Å². The van der Waals surface area contributed by atoms with Gasteiger partial charge in [0.2, 0.25) is 0 Å². The predicted octanol–water partition coefficient (Wildman–Crippen LogP) is 2.81. The summed E-state index contributed by atoms with van der Waals surface area (Å²) in [7, 11) is 1.94. The first-order chi connectivity index (χ1) is 6.15. The molecule has 0 aliphatic rings. The highest BCUT2D eigenvalue weighted by molar-refractivity contribution is 5.19. The van der Waals surface area contributed by atoms with Crippen molar-refractivity contribution in [1.29, 1.82) is 0 Å². The second-order valence-electron chi connectivity index (χ2n) is 3.47. The summed E-state index contributed by atoms with van der Waals surface area (Å²) in [6.07, 6.45) is 2.65. The van der Waals surface area contributed by atoms with Crippen LogP contribution in [0.1, 0.15) is 30.7 Å². The average Bonchev–Trinajstić information content (AvgIpc) is 2.47. The molecule has 2 nitrogen and oxygen atoms in total. The van der Waals surface area contributed by atoms with Gasteiger partial charge in [-0.3, -0.25) is 0 Å². The molecule has 72 valence electrons. The van der Waals surface area contributed by atoms with Gasteiger partial charge >= 0.3 is 0 Å². The summed E-state index contributed by atoms with van der Waals surface area (Å²) in [5, 5.41) is 3.22. The van der Waals surface area contributed by atoms with Gasteiger partial charge in [-0.1, -0.05) is 5.57 Å². The largest absolute Gasteiger partial charge is 0.467 e. The van der Waals surface area contributed by atoms with Crippen LogP contribution in [-0.2, 0) is 0 Å². The first-order valence-electron chi connectivity index (χ1n) is 4.50. The summed E-state index contributed by atoms with van der Waals surface area (Å²) in [5.41, 5.74) is 2.36. The average molecular weight is 179 g/mol. The first kappa shape index (κ1) is 10.1. The van der Waals surface area contributed by atoms with Crippen LogP contribution in [0.4, 0.5) is 0 Å². The third-order valence-electron chi connectivity index (χ3n) is 2.12. The van der Waals surface area contributed by atoms with Crippen LogP contribution in [0.25, 0.3) is 0 Å². The number of hydrogen-bond donors (Lipinski definition) is 1. The van der Waals surface area contributed by atoms with Crippen LogP contribution < -0.4 is 5.32 Å². The lowest BCUT2D eigenvalue weighted by Crippen LogP contribution is -2.16. The van der Waals surface area contributed by atoms with Crippen molar-refractivity contribution in [2.45, 2.75) is 26.3 Å². The van der Waals surface area contributed by atoms with Gasteiger partial charge in [-0.25, -0.2) is 0 Å². The fourth-order valence-electron chi connectivity index (χ4n) is 1.42. The van der Waals surface area contributed by atoms with Crippen LogP contribution in [0, 0.1) is 6.92 Å². The van der Waals surface area contributed by atoms with E-state index in [1.54, 1.807) is 6.26 Å². The number of aryl methyl sites for hydroxylation is 1. The maximum absolute atomic E-state index is 5.41. The van der Waals surface area contributed by atoms with Crippen molar-refractivity contribution in [2.75, 3.05) is 7.05 Å². The molecule has 0 radical (unpaired) electrons. The minimum atomic E-state index is 0.257. The minimum Gasteiger partial charge on any atom is -0.467 e. The van der Waals surface area contributed by atoms with Crippen molar-refractivity contribution in [2.24, 2.45) is 0 Å². The van der Waals surface area contributed by atoms with E-state index in [0.29, 0.717) is 0 Å². The van der Waals surface area contributed by atoms with E-state index in [0.717, 1.165) is 17.8 Å². The SMILES string of the molecule is C=C(C)CC(NC)c1occc1C. The predicted molar refractivity (Wildman–Crippen MR) is 54.7 cm³/mol. The van der Waals surface area contributed by atoms with Crippen molar-refractivity contribution in [3.63, 3.8) is 0 Å². The molecule has 0 aliphatic carbocycles. The monoisotopic (exact) mass is 179 g/mol. The Morgan fingerprint density at radius 3 is 2.77 bits per heavy atom. The Bertz CT molecular complexity index is 288. The maximum atomic E-state index is 5.41. The Morgan fingerprint density at radius 2 is 2.38 bits per heavy atom. The van der Waals surface area contributed by atoms with Crippen molar-refractivity contribution in [1.82, 2.24) is 5.32 Å². The molecule has 1 aromatic rings. The van der Waals surface area contributed by atoms with E-state index in [2.05, 4.69) is 18.8 Å². The molecule has 1 unspecified atom stereocenters. The van der Waals surface area contributed by atoms with Crippen LogP contribution in [0.2, 0.25) is 0 Å². The fraction of sp³-hybridized carbons (Fsp3) is 0.455. The lowest BCUT2D eigenvalue weighted by atomic mass is 10.0. The second-order valence-corrected chi connectivity index (χ2v) is 3.47. The van der Waals surface area contributed by atoms with E-state index < -0.39 is 0 Å². The van der Waals surface area contributed by atoms with E-state index in [1.807, 2.05) is 20.0 Å². The molecule has 0 spiro atoms. The van der Waals surface area contributed by atoms with Gasteiger partial charge in [0.15, 0.2) is 0 Å². The zero-order valence-electron chi connectivity index (χ0n) is 8.55. The van der Waals surface area contributed by atoms with E-state index in [4.69, 9.17) is 4.42 Å². The molecular weight excluding hydrogens is 162 g/mol. The molecule has 0 aromatic carbocycles. The summed E-state index contributed by atoms with van der Waals surface area (Å²) >= 11 is 0. The Labute approximate surface area is 79.6 Å². The summed E-state index contributed by atoms with van der Waals surface area (Å²) in [6, 6.07) is 2.24. The Kier molecular flexibility index (Phi) is 3.32. The Hall–Kier alpha value is -1.02. The number of hydrogen-bond acceptors (Lipinski definition) is 2. The van der Waals surface area contributed by atoms with Crippen LogP contribution in [0.15, 0.2) is 28.9 Å². The molecule has 1 aromatic heterocycles. The molecular formula is C11H17NO. The maximum Gasteiger partial charge on any atom is 0.123 e. The molecule has 2 heteroatoms. The summed E-state index contributed by atoms with van der Waals surface area (Å²) in [6.45, 7) is 7.99. The molecule has 0 aliphatic heterocycles. The van der Waals surface area contributed by atoms with Crippen LogP contribution in [-0.4, -0.2) is 7.05 Å². The molecule has 0 saturated heterocycles. The fourth-order valence-corrected chi connectivity index (χ4v) is 1.42. The highest BCUT2D eigenvalue weighted by atomic mass is 16.3. The van der Waals surface area contributed by atoms with E-state index in [-0.39, 0.29) is 6.04 Å². The molecule has 1 N–H and O–H groups in total. The molecule has 0 bridgehead atoms. The van der Waals surface area contributed by atoms with Gasteiger partial charge in [0.1, 0.15) is 5.76 Å². The smallest absolute Gasteiger partial charge is 0.123 e. The topological polar surface area (TPSA) is 25.2 Å². The highest BCUT2D eigenvalue weighted by Crippen LogP contribution is 2.23.